The van der Waals surface area contributed by atoms with Crippen LogP contribution < -0.4 is 24.8 Å². The van der Waals surface area contributed by atoms with Gasteiger partial charge in [-0.1, -0.05) is 39.0 Å². The quantitative estimate of drug-likeness (QED) is 0.676. The molecule has 0 aliphatic heterocycles. The van der Waals surface area contributed by atoms with E-state index in [9.17, 15) is 4.79 Å². The van der Waals surface area contributed by atoms with Gasteiger partial charge in [-0.15, -0.1) is 0 Å². The van der Waals surface area contributed by atoms with Crippen LogP contribution in [0.15, 0.2) is 42.5 Å². The molecule has 0 heterocycles. The fourth-order valence-electron chi connectivity index (χ4n) is 2.62. The second-order valence-electron chi connectivity index (χ2n) is 7.43. The predicted molar refractivity (Wildman–Crippen MR) is 110 cm³/mol. The van der Waals surface area contributed by atoms with Crippen LogP contribution in [0.3, 0.4) is 0 Å². The number of carbonyl (C=O) groups excluding carboxylic acids is 1. The van der Waals surface area contributed by atoms with Crippen molar-refractivity contribution >= 4 is 6.03 Å². The lowest BCUT2D eigenvalue weighted by atomic mass is 9.87. The summed E-state index contributed by atoms with van der Waals surface area (Å²) in [6, 6.07) is 13.3. The van der Waals surface area contributed by atoms with Gasteiger partial charge in [0.25, 0.3) is 0 Å². The summed E-state index contributed by atoms with van der Waals surface area (Å²) in [5, 5.41) is 5.60. The van der Waals surface area contributed by atoms with Crippen LogP contribution in [0.1, 0.15) is 31.9 Å². The van der Waals surface area contributed by atoms with E-state index in [1.54, 1.807) is 14.2 Å². The molecule has 152 valence electrons. The molecule has 2 aromatic rings. The van der Waals surface area contributed by atoms with Gasteiger partial charge in [0.2, 0.25) is 0 Å². The van der Waals surface area contributed by atoms with Gasteiger partial charge in [0.15, 0.2) is 11.5 Å². The van der Waals surface area contributed by atoms with Gasteiger partial charge in [0, 0.05) is 6.54 Å². The van der Waals surface area contributed by atoms with Gasteiger partial charge in [0.1, 0.15) is 12.4 Å². The third-order valence-corrected chi connectivity index (χ3v) is 4.26. The van der Waals surface area contributed by atoms with Gasteiger partial charge < -0.3 is 24.8 Å². The van der Waals surface area contributed by atoms with Crippen molar-refractivity contribution < 1.29 is 19.0 Å². The number of nitrogens with one attached hydrogen (secondary N) is 2. The van der Waals surface area contributed by atoms with E-state index in [-0.39, 0.29) is 11.4 Å². The molecule has 2 amide bonds. The summed E-state index contributed by atoms with van der Waals surface area (Å²) in [6.45, 7) is 7.69. The molecule has 2 aromatic carbocycles. The number of ether oxygens (including phenoxy) is 3. The average molecular weight is 386 g/mol. The van der Waals surface area contributed by atoms with Gasteiger partial charge in [-0.3, -0.25) is 0 Å². The molecule has 0 saturated heterocycles. The van der Waals surface area contributed by atoms with Crippen molar-refractivity contribution in [2.24, 2.45) is 0 Å². The predicted octanol–water partition coefficient (Wildman–Crippen LogP) is 3.88. The lowest BCUT2D eigenvalue weighted by Gasteiger charge is -2.19. The Morgan fingerprint density at radius 1 is 0.964 bits per heavy atom. The molecule has 28 heavy (non-hydrogen) atoms. The van der Waals surface area contributed by atoms with E-state index in [4.69, 9.17) is 14.2 Å². The second kappa shape index (κ2) is 9.88. The fourth-order valence-corrected chi connectivity index (χ4v) is 2.62. The van der Waals surface area contributed by atoms with Crippen molar-refractivity contribution in [3.05, 3.63) is 53.6 Å². The zero-order valence-corrected chi connectivity index (χ0v) is 17.3. The lowest BCUT2D eigenvalue weighted by molar-refractivity contribution is 0.236. The first-order chi connectivity index (χ1) is 13.3. The molecule has 0 aliphatic rings. The van der Waals surface area contributed by atoms with Crippen molar-refractivity contribution in [2.75, 3.05) is 27.4 Å². The first-order valence-corrected chi connectivity index (χ1v) is 9.29. The smallest absolute Gasteiger partial charge is 0.315 e. The Labute approximate surface area is 167 Å². The van der Waals surface area contributed by atoms with Crippen molar-refractivity contribution in [3.63, 3.8) is 0 Å². The Hall–Kier alpha value is -2.89. The van der Waals surface area contributed by atoms with E-state index in [1.807, 2.05) is 36.4 Å². The summed E-state index contributed by atoms with van der Waals surface area (Å²) >= 11 is 0. The maximum absolute atomic E-state index is 12.0. The van der Waals surface area contributed by atoms with Crippen molar-refractivity contribution in [2.45, 2.75) is 32.7 Å². The number of hydrogen-bond acceptors (Lipinski definition) is 4. The van der Waals surface area contributed by atoms with Crippen LogP contribution in [0, 0.1) is 0 Å². The van der Waals surface area contributed by atoms with E-state index >= 15 is 0 Å². The van der Waals surface area contributed by atoms with Crippen molar-refractivity contribution in [1.82, 2.24) is 10.6 Å². The third kappa shape index (κ3) is 6.37. The Balaban J connectivity index is 1.73. The largest absolute Gasteiger partial charge is 0.493 e. The highest BCUT2D eigenvalue weighted by atomic mass is 16.5. The minimum atomic E-state index is -0.248. The van der Waals surface area contributed by atoms with Gasteiger partial charge >= 0.3 is 6.03 Å². The van der Waals surface area contributed by atoms with Crippen LogP contribution in [-0.2, 0) is 12.0 Å². The lowest BCUT2D eigenvalue weighted by Crippen LogP contribution is -2.37. The minimum absolute atomic E-state index is 0.0711. The monoisotopic (exact) mass is 386 g/mol. The zero-order chi connectivity index (χ0) is 20.6. The van der Waals surface area contributed by atoms with E-state index < -0.39 is 0 Å². The van der Waals surface area contributed by atoms with Crippen LogP contribution in [0.2, 0.25) is 0 Å². The molecular formula is C22H30N2O4. The molecular weight excluding hydrogens is 356 g/mol. The first kappa shape index (κ1) is 21.4. The molecule has 0 aromatic heterocycles. The maximum Gasteiger partial charge on any atom is 0.315 e. The molecule has 0 unspecified atom stereocenters. The number of rotatable bonds is 8. The van der Waals surface area contributed by atoms with Gasteiger partial charge in [-0.05, 0) is 40.8 Å². The SMILES string of the molecule is COc1ccc(CNC(=O)NCCOc2cccc(C(C)(C)C)c2)cc1OC. The number of hydrogen-bond donors (Lipinski definition) is 2. The number of methoxy groups -OCH3 is 2. The second-order valence-corrected chi connectivity index (χ2v) is 7.43. The highest BCUT2D eigenvalue weighted by Gasteiger charge is 2.13. The fraction of sp³-hybridized carbons (Fsp3) is 0.409. The minimum Gasteiger partial charge on any atom is -0.493 e. The molecule has 2 rings (SSSR count). The van der Waals surface area contributed by atoms with E-state index in [0.29, 0.717) is 31.2 Å². The number of urea groups is 1. The van der Waals surface area contributed by atoms with E-state index in [0.717, 1.165) is 11.3 Å². The summed E-state index contributed by atoms with van der Waals surface area (Å²) < 4.78 is 16.2. The molecule has 0 aliphatic carbocycles. The molecule has 6 nitrogen and oxygen atoms in total. The third-order valence-electron chi connectivity index (χ3n) is 4.26. The number of amides is 2. The molecule has 0 atom stereocenters. The highest BCUT2D eigenvalue weighted by Crippen LogP contribution is 2.27. The normalized spacial score (nSPS) is 10.9. The standard InChI is InChI=1S/C22H30N2O4/c1-22(2,3)17-7-6-8-18(14-17)28-12-11-23-21(25)24-15-16-9-10-19(26-4)20(13-16)27-5/h6-10,13-14H,11-12,15H2,1-5H3,(H2,23,24,25). The van der Waals surface area contributed by atoms with Gasteiger partial charge in [-0.25, -0.2) is 4.79 Å². The van der Waals surface area contributed by atoms with Gasteiger partial charge in [-0.2, -0.15) is 0 Å². The Morgan fingerprint density at radius 3 is 2.39 bits per heavy atom. The van der Waals surface area contributed by atoms with Crippen LogP contribution >= 0.6 is 0 Å². The molecule has 0 fully saturated rings. The molecule has 6 heteroatoms. The molecule has 2 N–H and O–H groups in total. The Bertz CT molecular complexity index is 784. The molecule has 0 saturated carbocycles. The van der Waals surface area contributed by atoms with Crippen LogP contribution in [0.4, 0.5) is 4.79 Å². The number of carbonyl (C=O) groups is 1. The summed E-state index contributed by atoms with van der Waals surface area (Å²) in [5.41, 5.74) is 2.20. The summed E-state index contributed by atoms with van der Waals surface area (Å²) in [7, 11) is 3.17. The summed E-state index contributed by atoms with van der Waals surface area (Å²) in [6.07, 6.45) is 0. The Kier molecular flexibility index (Phi) is 7.55. The molecule has 0 bridgehead atoms. The van der Waals surface area contributed by atoms with Crippen molar-refractivity contribution in [3.8, 4) is 17.2 Å². The maximum atomic E-state index is 12.0. The topological polar surface area (TPSA) is 68.8 Å². The van der Waals surface area contributed by atoms with Gasteiger partial charge in [0.05, 0.1) is 20.8 Å². The van der Waals surface area contributed by atoms with Crippen LogP contribution in [0.5, 0.6) is 17.2 Å². The summed E-state index contributed by atoms with van der Waals surface area (Å²) in [4.78, 5) is 12.0. The first-order valence-electron chi connectivity index (χ1n) is 9.29. The highest BCUT2D eigenvalue weighted by molar-refractivity contribution is 5.73. The van der Waals surface area contributed by atoms with E-state index in [2.05, 4.69) is 37.5 Å². The van der Waals surface area contributed by atoms with Crippen molar-refractivity contribution in [1.29, 1.82) is 0 Å². The number of benzene rings is 2. The van der Waals surface area contributed by atoms with Crippen LogP contribution in [-0.4, -0.2) is 33.4 Å². The zero-order valence-electron chi connectivity index (χ0n) is 17.3. The average Bonchev–Trinajstić information content (AvgIpc) is 2.69. The van der Waals surface area contributed by atoms with E-state index in [1.165, 1.54) is 5.56 Å². The Morgan fingerprint density at radius 2 is 1.71 bits per heavy atom. The van der Waals surface area contributed by atoms with Crippen LogP contribution in [0.25, 0.3) is 0 Å². The summed E-state index contributed by atoms with van der Waals surface area (Å²) in [5.74, 6) is 2.09. The molecule has 0 radical (unpaired) electrons. The molecule has 0 spiro atoms.